The molecule has 0 radical (unpaired) electrons. The molecule has 6 heteroatoms. The van der Waals surface area contributed by atoms with E-state index in [0.717, 1.165) is 17.1 Å². The molecule has 0 spiro atoms. The topological polar surface area (TPSA) is 60.6 Å². The van der Waals surface area contributed by atoms with Crippen molar-refractivity contribution >= 4 is 0 Å². The van der Waals surface area contributed by atoms with Crippen molar-refractivity contribution in [2.45, 2.75) is 6.54 Å². The highest BCUT2D eigenvalue weighted by molar-refractivity contribution is 5.57. The molecule has 0 saturated carbocycles. The van der Waals surface area contributed by atoms with Gasteiger partial charge in [0.1, 0.15) is 11.4 Å². The number of nitrogens with zero attached hydrogens (tertiary/aromatic N) is 5. The lowest BCUT2D eigenvalue weighted by atomic mass is 10.2. The molecule has 6 nitrogen and oxygen atoms in total. The Morgan fingerprint density at radius 3 is 2.73 bits per heavy atom. The van der Waals surface area contributed by atoms with E-state index in [1.807, 2.05) is 31.9 Å². The Balaban J connectivity index is 2.51. The predicted molar refractivity (Wildman–Crippen MR) is 56.0 cm³/mol. The first-order chi connectivity index (χ1) is 7.24. The number of hydrogen-bond donors (Lipinski definition) is 1. The van der Waals surface area contributed by atoms with Crippen LogP contribution < -0.4 is 5.32 Å². The van der Waals surface area contributed by atoms with E-state index >= 15 is 0 Å². The maximum atomic E-state index is 4.14. The first-order valence-electron chi connectivity index (χ1n) is 4.75. The van der Waals surface area contributed by atoms with Crippen LogP contribution in [0.25, 0.3) is 11.4 Å². The lowest BCUT2D eigenvalue weighted by molar-refractivity contribution is 0.704. The smallest absolute Gasteiger partial charge is 0.111 e. The number of hydrogen-bond acceptors (Lipinski definition) is 4. The molecule has 0 aliphatic carbocycles. The largest absolute Gasteiger partial charge is 0.314 e. The lowest BCUT2D eigenvalue weighted by Gasteiger charge is -2.04. The summed E-state index contributed by atoms with van der Waals surface area (Å²) in [6, 6.07) is 1.96. The monoisotopic (exact) mass is 206 g/mol. The van der Waals surface area contributed by atoms with E-state index in [1.54, 1.807) is 10.9 Å². The average Bonchev–Trinajstić information content (AvgIpc) is 2.75. The number of nitrogens with one attached hydrogen (secondary N) is 1. The SMILES string of the molecule is CNCc1nnn(C)c1-c1ccnn1C. The molecule has 0 unspecified atom stereocenters. The molecule has 0 aliphatic heterocycles. The molecular formula is C9H14N6. The Hall–Kier alpha value is -1.69. The second-order valence-corrected chi connectivity index (χ2v) is 3.38. The fraction of sp³-hybridized carbons (Fsp3) is 0.444. The van der Waals surface area contributed by atoms with Crippen molar-refractivity contribution in [2.75, 3.05) is 7.05 Å². The maximum absolute atomic E-state index is 4.14. The molecule has 2 heterocycles. The van der Waals surface area contributed by atoms with Crippen molar-refractivity contribution in [3.8, 4) is 11.4 Å². The zero-order valence-corrected chi connectivity index (χ0v) is 9.10. The van der Waals surface area contributed by atoms with E-state index in [1.165, 1.54) is 0 Å². The molecule has 0 bridgehead atoms. The van der Waals surface area contributed by atoms with Crippen LogP contribution in [0, 0.1) is 0 Å². The minimum Gasteiger partial charge on any atom is -0.314 e. The van der Waals surface area contributed by atoms with Crippen molar-refractivity contribution in [2.24, 2.45) is 14.1 Å². The van der Waals surface area contributed by atoms with Crippen molar-refractivity contribution in [1.82, 2.24) is 30.1 Å². The Labute approximate surface area is 87.9 Å². The fourth-order valence-corrected chi connectivity index (χ4v) is 1.61. The van der Waals surface area contributed by atoms with Crippen molar-refractivity contribution in [3.63, 3.8) is 0 Å². The Kier molecular flexibility index (Phi) is 2.51. The van der Waals surface area contributed by atoms with Crippen molar-refractivity contribution < 1.29 is 0 Å². The van der Waals surface area contributed by atoms with Crippen molar-refractivity contribution in [1.29, 1.82) is 0 Å². The second-order valence-electron chi connectivity index (χ2n) is 3.38. The zero-order valence-electron chi connectivity index (χ0n) is 9.10. The Morgan fingerprint density at radius 1 is 1.33 bits per heavy atom. The minimum atomic E-state index is 0.703. The van der Waals surface area contributed by atoms with Gasteiger partial charge in [0.15, 0.2) is 0 Å². The first-order valence-corrected chi connectivity index (χ1v) is 4.75. The highest BCUT2D eigenvalue weighted by atomic mass is 15.4. The summed E-state index contributed by atoms with van der Waals surface area (Å²) in [7, 11) is 5.68. The van der Waals surface area contributed by atoms with Gasteiger partial charge in [-0.3, -0.25) is 4.68 Å². The van der Waals surface area contributed by atoms with Crippen LogP contribution in [0.15, 0.2) is 12.3 Å². The number of aryl methyl sites for hydroxylation is 2. The fourth-order valence-electron chi connectivity index (χ4n) is 1.61. The van der Waals surface area contributed by atoms with Gasteiger partial charge in [0.2, 0.25) is 0 Å². The van der Waals surface area contributed by atoms with Crippen LogP contribution >= 0.6 is 0 Å². The van der Waals surface area contributed by atoms with Gasteiger partial charge in [-0.1, -0.05) is 5.21 Å². The Bertz CT molecular complexity index is 455. The molecular weight excluding hydrogens is 192 g/mol. The summed E-state index contributed by atoms with van der Waals surface area (Å²) >= 11 is 0. The van der Waals surface area contributed by atoms with Crippen LogP contribution in [-0.2, 0) is 20.6 Å². The van der Waals surface area contributed by atoms with Crippen LogP contribution in [0.1, 0.15) is 5.69 Å². The number of aromatic nitrogens is 5. The molecule has 80 valence electrons. The average molecular weight is 206 g/mol. The summed E-state index contributed by atoms with van der Waals surface area (Å²) in [6.45, 7) is 0.703. The molecule has 2 rings (SSSR count). The van der Waals surface area contributed by atoms with Crippen LogP contribution in [0.5, 0.6) is 0 Å². The zero-order chi connectivity index (χ0) is 10.8. The van der Waals surface area contributed by atoms with Gasteiger partial charge < -0.3 is 5.32 Å². The van der Waals surface area contributed by atoms with Gasteiger partial charge in [0.25, 0.3) is 0 Å². The number of rotatable bonds is 3. The molecule has 2 aromatic heterocycles. The highest BCUT2D eigenvalue weighted by Gasteiger charge is 2.14. The van der Waals surface area contributed by atoms with Crippen LogP contribution in [0.2, 0.25) is 0 Å². The molecule has 0 saturated heterocycles. The van der Waals surface area contributed by atoms with Gasteiger partial charge in [-0.15, -0.1) is 5.10 Å². The molecule has 1 N–H and O–H groups in total. The van der Waals surface area contributed by atoms with E-state index < -0.39 is 0 Å². The van der Waals surface area contributed by atoms with E-state index in [2.05, 4.69) is 20.7 Å². The van der Waals surface area contributed by atoms with Gasteiger partial charge in [0.05, 0.1) is 5.69 Å². The van der Waals surface area contributed by atoms with Gasteiger partial charge in [-0.05, 0) is 13.1 Å². The van der Waals surface area contributed by atoms with Crippen molar-refractivity contribution in [3.05, 3.63) is 18.0 Å². The van der Waals surface area contributed by atoms with Crippen LogP contribution in [0.4, 0.5) is 0 Å². The van der Waals surface area contributed by atoms with Crippen LogP contribution in [-0.4, -0.2) is 31.8 Å². The molecule has 0 amide bonds. The highest BCUT2D eigenvalue weighted by Crippen LogP contribution is 2.19. The Morgan fingerprint density at radius 2 is 2.13 bits per heavy atom. The summed E-state index contributed by atoms with van der Waals surface area (Å²) < 4.78 is 3.58. The third-order valence-corrected chi connectivity index (χ3v) is 2.30. The molecule has 0 aliphatic rings. The summed E-state index contributed by atoms with van der Waals surface area (Å²) in [6.07, 6.45) is 1.77. The van der Waals surface area contributed by atoms with Gasteiger partial charge >= 0.3 is 0 Å². The van der Waals surface area contributed by atoms with Gasteiger partial charge in [0, 0.05) is 26.8 Å². The maximum Gasteiger partial charge on any atom is 0.111 e. The molecule has 0 atom stereocenters. The third kappa shape index (κ3) is 1.63. The second kappa shape index (κ2) is 3.82. The van der Waals surface area contributed by atoms with E-state index in [0.29, 0.717) is 6.54 Å². The van der Waals surface area contributed by atoms with E-state index in [-0.39, 0.29) is 0 Å². The molecule has 15 heavy (non-hydrogen) atoms. The summed E-state index contributed by atoms with van der Waals surface area (Å²) in [5, 5.41) is 15.3. The minimum absolute atomic E-state index is 0.703. The first kappa shape index (κ1) is 9.85. The summed E-state index contributed by atoms with van der Waals surface area (Å²) in [4.78, 5) is 0. The third-order valence-electron chi connectivity index (χ3n) is 2.30. The van der Waals surface area contributed by atoms with E-state index in [4.69, 9.17) is 0 Å². The van der Waals surface area contributed by atoms with E-state index in [9.17, 15) is 0 Å². The normalized spacial score (nSPS) is 10.9. The molecule has 0 fully saturated rings. The van der Waals surface area contributed by atoms with Crippen LogP contribution in [0.3, 0.4) is 0 Å². The molecule has 2 aromatic rings. The quantitative estimate of drug-likeness (QED) is 0.764. The lowest BCUT2D eigenvalue weighted by Crippen LogP contribution is -2.08. The summed E-state index contributed by atoms with van der Waals surface area (Å²) in [5.41, 5.74) is 2.96. The van der Waals surface area contributed by atoms with Gasteiger partial charge in [-0.25, -0.2) is 4.68 Å². The predicted octanol–water partition coefficient (Wildman–Crippen LogP) is -0.0650. The molecule has 0 aromatic carbocycles. The van der Waals surface area contributed by atoms with Gasteiger partial charge in [-0.2, -0.15) is 5.10 Å². The standard InChI is InChI=1S/C9H14N6/c1-10-6-7-9(15(3)13-12-7)8-4-5-11-14(8)2/h4-5,10H,6H2,1-3H3. The summed E-state index contributed by atoms with van der Waals surface area (Å²) in [5.74, 6) is 0.